The molecule has 0 amide bonds. The largest absolute Gasteiger partial charge is 0.326 e. The Bertz CT molecular complexity index is 159. The minimum atomic E-state index is 0.384. The van der Waals surface area contributed by atoms with E-state index in [1.54, 1.807) is 0 Å². The molecule has 84 valence electrons. The molecule has 14 heavy (non-hydrogen) atoms. The Hall–Kier alpha value is -0.0800. The lowest BCUT2D eigenvalue weighted by Gasteiger charge is -2.34. The number of nitrogens with two attached hydrogens (primary N) is 1. The first kappa shape index (κ1) is 12.0. The lowest BCUT2D eigenvalue weighted by Crippen LogP contribution is -2.42. The smallest absolute Gasteiger partial charge is 0.0206 e. The Labute approximate surface area is 88.8 Å². The molecule has 2 unspecified atom stereocenters. The summed E-state index contributed by atoms with van der Waals surface area (Å²) in [6.45, 7) is 13.8. The van der Waals surface area contributed by atoms with Crippen molar-refractivity contribution >= 4 is 0 Å². The maximum absolute atomic E-state index is 6.07. The summed E-state index contributed by atoms with van der Waals surface area (Å²) in [6, 6.07) is 1.08. The van der Waals surface area contributed by atoms with Crippen LogP contribution in [-0.2, 0) is 0 Å². The zero-order chi connectivity index (χ0) is 10.9. The fourth-order valence-corrected chi connectivity index (χ4v) is 2.89. The normalized spacial score (nSPS) is 29.8. The second-order valence-corrected chi connectivity index (χ2v) is 5.57. The second kappa shape index (κ2) is 4.63. The number of likely N-dealkylation sites (tertiary alicyclic amines) is 1. The third kappa shape index (κ3) is 2.48. The topological polar surface area (TPSA) is 29.3 Å². The Balaban J connectivity index is 2.62. The zero-order valence-electron chi connectivity index (χ0n) is 10.3. The maximum Gasteiger partial charge on any atom is 0.0206 e. The monoisotopic (exact) mass is 198 g/mol. The zero-order valence-corrected chi connectivity index (χ0v) is 10.3. The molecule has 0 aromatic carbocycles. The van der Waals surface area contributed by atoms with Gasteiger partial charge in [-0.15, -0.1) is 0 Å². The highest BCUT2D eigenvalue weighted by molar-refractivity contribution is 4.90. The highest BCUT2D eigenvalue weighted by Gasteiger charge is 2.33. The summed E-state index contributed by atoms with van der Waals surface area (Å²) >= 11 is 0. The van der Waals surface area contributed by atoms with Crippen molar-refractivity contribution in [2.75, 3.05) is 13.1 Å². The first-order chi connectivity index (χ1) is 6.43. The van der Waals surface area contributed by atoms with Crippen molar-refractivity contribution in [3.63, 3.8) is 0 Å². The van der Waals surface area contributed by atoms with Crippen LogP contribution >= 0.6 is 0 Å². The molecule has 1 aliphatic heterocycles. The van der Waals surface area contributed by atoms with Crippen LogP contribution in [0.1, 0.15) is 34.6 Å². The molecule has 0 aliphatic carbocycles. The number of nitrogens with zero attached hydrogens (tertiary/aromatic N) is 1. The first-order valence-corrected chi connectivity index (χ1v) is 5.93. The van der Waals surface area contributed by atoms with Gasteiger partial charge in [0.15, 0.2) is 0 Å². The van der Waals surface area contributed by atoms with Crippen molar-refractivity contribution < 1.29 is 0 Å². The molecule has 2 nitrogen and oxygen atoms in total. The molecular weight excluding hydrogens is 172 g/mol. The Morgan fingerprint density at radius 1 is 1.07 bits per heavy atom. The summed E-state index contributed by atoms with van der Waals surface area (Å²) in [4.78, 5) is 2.59. The molecule has 0 bridgehead atoms. The molecular formula is C12H26N2. The van der Waals surface area contributed by atoms with Crippen LogP contribution in [0.15, 0.2) is 0 Å². The molecule has 0 radical (unpaired) electrons. The van der Waals surface area contributed by atoms with Crippen molar-refractivity contribution in [2.24, 2.45) is 23.5 Å². The molecule has 1 fully saturated rings. The van der Waals surface area contributed by atoms with Crippen LogP contribution in [0, 0.1) is 17.8 Å². The molecule has 1 heterocycles. The summed E-state index contributed by atoms with van der Waals surface area (Å²) < 4.78 is 0. The van der Waals surface area contributed by atoms with E-state index in [4.69, 9.17) is 5.73 Å². The minimum Gasteiger partial charge on any atom is -0.326 e. The van der Waals surface area contributed by atoms with E-state index in [9.17, 15) is 0 Å². The van der Waals surface area contributed by atoms with E-state index in [0.717, 1.165) is 18.4 Å². The maximum atomic E-state index is 6.07. The van der Waals surface area contributed by atoms with Gasteiger partial charge in [-0.2, -0.15) is 0 Å². The molecule has 1 aliphatic rings. The summed E-state index contributed by atoms with van der Waals surface area (Å²) in [5.41, 5.74) is 6.07. The highest BCUT2D eigenvalue weighted by Crippen LogP contribution is 2.25. The molecule has 0 spiro atoms. The van der Waals surface area contributed by atoms with Gasteiger partial charge in [-0.25, -0.2) is 0 Å². The second-order valence-electron chi connectivity index (χ2n) is 5.57. The van der Waals surface area contributed by atoms with Crippen molar-refractivity contribution in [1.82, 2.24) is 4.90 Å². The highest BCUT2D eigenvalue weighted by atomic mass is 15.2. The molecule has 1 saturated heterocycles. The van der Waals surface area contributed by atoms with Gasteiger partial charge < -0.3 is 5.73 Å². The lowest BCUT2D eigenvalue weighted by molar-refractivity contribution is 0.139. The van der Waals surface area contributed by atoms with Crippen molar-refractivity contribution in [1.29, 1.82) is 0 Å². The van der Waals surface area contributed by atoms with Gasteiger partial charge in [0.05, 0.1) is 0 Å². The van der Waals surface area contributed by atoms with Crippen molar-refractivity contribution in [2.45, 2.75) is 46.7 Å². The number of hydrogen-bond acceptors (Lipinski definition) is 2. The quantitative estimate of drug-likeness (QED) is 0.751. The minimum absolute atomic E-state index is 0.384. The van der Waals surface area contributed by atoms with E-state index in [0.29, 0.717) is 18.0 Å². The SMILES string of the molecule is CC(C)C(C(C)C)N1CC(C)C(N)C1. The van der Waals surface area contributed by atoms with E-state index in [1.807, 2.05) is 0 Å². The Kier molecular flexibility index (Phi) is 3.96. The van der Waals surface area contributed by atoms with E-state index in [1.165, 1.54) is 6.54 Å². The van der Waals surface area contributed by atoms with Crippen LogP contribution in [0.2, 0.25) is 0 Å². The van der Waals surface area contributed by atoms with Crippen LogP contribution in [0.3, 0.4) is 0 Å². The molecule has 0 aromatic heterocycles. The van der Waals surface area contributed by atoms with Crippen LogP contribution in [0.5, 0.6) is 0 Å². The van der Waals surface area contributed by atoms with Gasteiger partial charge in [0.25, 0.3) is 0 Å². The van der Waals surface area contributed by atoms with Gasteiger partial charge in [0.2, 0.25) is 0 Å². The Morgan fingerprint density at radius 3 is 1.86 bits per heavy atom. The van der Waals surface area contributed by atoms with Gasteiger partial charge >= 0.3 is 0 Å². The fourth-order valence-electron chi connectivity index (χ4n) is 2.89. The van der Waals surface area contributed by atoms with E-state index < -0.39 is 0 Å². The van der Waals surface area contributed by atoms with Gasteiger partial charge in [-0.3, -0.25) is 4.90 Å². The molecule has 2 heteroatoms. The number of hydrogen-bond donors (Lipinski definition) is 1. The fraction of sp³-hybridized carbons (Fsp3) is 1.00. The third-order valence-electron chi connectivity index (χ3n) is 3.49. The molecule has 1 rings (SSSR count). The summed E-state index contributed by atoms with van der Waals surface area (Å²) in [5, 5.41) is 0. The van der Waals surface area contributed by atoms with Crippen LogP contribution < -0.4 is 5.73 Å². The average molecular weight is 198 g/mol. The molecule has 2 atom stereocenters. The standard InChI is InChI=1S/C12H26N2/c1-8(2)12(9(3)4)14-6-10(5)11(13)7-14/h8-12H,6-7,13H2,1-5H3. The predicted octanol–water partition coefficient (Wildman–Crippen LogP) is 1.95. The third-order valence-corrected chi connectivity index (χ3v) is 3.49. The molecule has 2 N–H and O–H groups in total. The van der Waals surface area contributed by atoms with Gasteiger partial charge in [-0.1, -0.05) is 34.6 Å². The number of rotatable bonds is 3. The van der Waals surface area contributed by atoms with Gasteiger partial charge in [-0.05, 0) is 17.8 Å². The average Bonchev–Trinajstić information content (AvgIpc) is 2.29. The summed E-state index contributed by atoms with van der Waals surface area (Å²) in [6.07, 6.45) is 0. The van der Waals surface area contributed by atoms with E-state index >= 15 is 0 Å². The van der Waals surface area contributed by atoms with Crippen LogP contribution in [0.25, 0.3) is 0 Å². The van der Waals surface area contributed by atoms with Gasteiger partial charge in [0, 0.05) is 25.2 Å². The summed E-state index contributed by atoms with van der Waals surface area (Å²) in [7, 11) is 0. The molecule has 0 saturated carbocycles. The van der Waals surface area contributed by atoms with Crippen LogP contribution in [-0.4, -0.2) is 30.1 Å². The predicted molar refractivity (Wildman–Crippen MR) is 62.2 cm³/mol. The van der Waals surface area contributed by atoms with Crippen molar-refractivity contribution in [3.05, 3.63) is 0 Å². The lowest BCUT2D eigenvalue weighted by atomic mass is 9.92. The van der Waals surface area contributed by atoms with E-state index in [2.05, 4.69) is 39.5 Å². The van der Waals surface area contributed by atoms with Crippen molar-refractivity contribution in [3.8, 4) is 0 Å². The van der Waals surface area contributed by atoms with Gasteiger partial charge in [0.1, 0.15) is 0 Å². The molecule has 0 aromatic rings. The Morgan fingerprint density at radius 2 is 1.57 bits per heavy atom. The van der Waals surface area contributed by atoms with E-state index in [-0.39, 0.29) is 0 Å². The first-order valence-electron chi connectivity index (χ1n) is 5.93. The van der Waals surface area contributed by atoms with Crippen LogP contribution in [0.4, 0.5) is 0 Å². The summed E-state index contributed by atoms with van der Waals surface area (Å²) in [5.74, 6) is 2.12.